The second kappa shape index (κ2) is 1.28. The van der Waals surface area contributed by atoms with E-state index < -0.39 is 0 Å². The van der Waals surface area contributed by atoms with Gasteiger partial charge in [0.1, 0.15) is 5.82 Å². The lowest BCUT2D eigenvalue weighted by molar-refractivity contribution is 0.984. The molecule has 3 N–H and O–H groups in total. The van der Waals surface area contributed by atoms with Crippen LogP contribution < -0.4 is 5.73 Å². The Kier molecular flexibility index (Phi) is 0.631. The molecule has 2 aromatic heterocycles. The van der Waals surface area contributed by atoms with Gasteiger partial charge in [0.25, 0.3) is 0 Å². The molecule has 0 spiro atoms. The number of aromatic nitrogens is 3. The maximum Gasteiger partial charge on any atom is 0.155 e. The van der Waals surface area contributed by atoms with E-state index in [2.05, 4.69) is 10.1 Å². The van der Waals surface area contributed by atoms with E-state index in [0.717, 1.165) is 5.65 Å². The quantitative estimate of drug-likeness (QED) is 0.526. The number of aromatic amines is 1. The van der Waals surface area contributed by atoms with Gasteiger partial charge in [-0.25, -0.2) is 9.50 Å². The highest BCUT2D eigenvalue weighted by Crippen LogP contribution is 2.03. The van der Waals surface area contributed by atoms with Crippen molar-refractivity contribution >= 4 is 11.5 Å². The summed E-state index contributed by atoms with van der Waals surface area (Å²) in [4.78, 5) is 3.98. The van der Waals surface area contributed by atoms with Crippen LogP contribution in [0.25, 0.3) is 5.65 Å². The second-order valence-electron chi connectivity index (χ2n) is 1.84. The largest absolute Gasteiger partial charge is 0.382 e. The van der Waals surface area contributed by atoms with Crippen molar-refractivity contribution in [2.24, 2.45) is 0 Å². The van der Waals surface area contributed by atoms with Crippen molar-refractivity contribution in [1.82, 2.24) is 14.6 Å². The Morgan fingerprint density at radius 1 is 1.67 bits per heavy atom. The molecule has 0 aromatic carbocycles. The van der Waals surface area contributed by atoms with Crippen molar-refractivity contribution in [3.63, 3.8) is 0 Å². The Balaban J connectivity index is 2.99. The zero-order valence-electron chi connectivity index (χ0n) is 4.70. The van der Waals surface area contributed by atoms with E-state index in [9.17, 15) is 0 Å². The van der Waals surface area contributed by atoms with Crippen molar-refractivity contribution in [2.45, 2.75) is 0 Å². The summed E-state index contributed by atoms with van der Waals surface area (Å²) in [6.45, 7) is 0. The first-order valence-electron chi connectivity index (χ1n) is 2.64. The van der Waals surface area contributed by atoms with Crippen LogP contribution in [0, 0.1) is 0 Å². The molecular formula is C5H6N4. The monoisotopic (exact) mass is 122 g/mol. The van der Waals surface area contributed by atoms with Crippen molar-refractivity contribution in [2.75, 3.05) is 5.73 Å². The molecule has 4 nitrogen and oxygen atoms in total. The first-order valence-corrected chi connectivity index (χ1v) is 2.64. The van der Waals surface area contributed by atoms with Gasteiger partial charge in [-0.15, -0.1) is 0 Å². The zero-order valence-corrected chi connectivity index (χ0v) is 4.70. The van der Waals surface area contributed by atoms with Crippen LogP contribution in [0.3, 0.4) is 0 Å². The van der Waals surface area contributed by atoms with Crippen LogP contribution in [0.15, 0.2) is 18.5 Å². The number of anilines is 1. The molecule has 0 aliphatic carbocycles. The van der Waals surface area contributed by atoms with Gasteiger partial charge in [0, 0.05) is 12.3 Å². The number of nitrogens with two attached hydrogens (primary N) is 1. The Morgan fingerprint density at radius 2 is 2.56 bits per heavy atom. The molecular weight excluding hydrogens is 116 g/mol. The van der Waals surface area contributed by atoms with Crippen molar-refractivity contribution < 1.29 is 0 Å². The zero-order chi connectivity index (χ0) is 6.27. The lowest BCUT2D eigenvalue weighted by Gasteiger charge is -1.84. The minimum Gasteiger partial charge on any atom is -0.382 e. The van der Waals surface area contributed by atoms with Crippen LogP contribution >= 0.6 is 0 Å². The van der Waals surface area contributed by atoms with E-state index in [0.29, 0.717) is 5.82 Å². The summed E-state index contributed by atoms with van der Waals surface area (Å²) in [5.41, 5.74) is 6.34. The van der Waals surface area contributed by atoms with Crippen LogP contribution in [-0.4, -0.2) is 14.6 Å². The summed E-state index contributed by atoms with van der Waals surface area (Å²) in [5.74, 6) is 0.634. The van der Waals surface area contributed by atoms with Gasteiger partial charge in [-0.1, -0.05) is 0 Å². The first-order chi connectivity index (χ1) is 4.38. The maximum absolute atomic E-state index is 5.49. The fourth-order valence-electron chi connectivity index (χ4n) is 0.825. The third kappa shape index (κ3) is 0.440. The Morgan fingerprint density at radius 3 is 3.33 bits per heavy atom. The molecule has 0 amide bonds. The Labute approximate surface area is 51.3 Å². The fourth-order valence-corrected chi connectivity index (χ4v) is 0.825. The number of hydrogen-bond acceptors (Lipinski definition) is 2. The number of imidazole rings is 1. The van der Waals surface area contributed by atoms with Gasteiger partial charge in [0.2, 0.25) is 0 Å². The maximum atomic E-state index is 5.49. The number of nitrogens with zero attached hydrogens (tertiary/aromatic N) is 2. The summed E-state index contributed by atoms with van der Waals surface area (Å²) in [7, 11) is 0. The molecule has 2 heterocycles. The molecule has 0 bridgehead atoms. The minimum absolute atomic E-state index is 0.634. The molecule has 2 rings (SSSR count). The predicted octanol–water partition coefficient (Wildman–Crippen LogP) is 0.245. The van der Waals surface area contributed by atoms with E-state index in [1.807, 2.05) is 6.07 Å². The predicted molar refractivity (Wildman–Crippen MR) is 34.0 cm³/mol. The van der Waals surface area contributed by atoms with Crippen LogP contribution in [0.1, 0.15) is 0 Å². The van der Waals surface area contributed by atoms with Crippen LogP contribution in [-0.2, 0) is 0 Å². The molecule has 0 unspecified atom stereocenters. The SMILES string of the molecule is Nc1cnc2cc[nH]n12. The average Bonchev–Trinajstić information content (AvgIpc) is 2.35. The second-order valence-corrected chi connectivity index (χ2v) is 1.84. The van der Waals surface area contributed by atoms with Crippen molar-refractivity contribution in [3.8, 4) is 0 Å². The molecule has 0 fully saturated rings. The number of H-pyrrole nitrogens is 1. The summed E-state index contributed by atoms with van der Waals surface area (Å²) in [5, 5.41) is 2.90. The minimum atomic E-state index is 0.634. The number of rotatable bonds is 0. The van der Waals surface area contributed by atoms with Crippen LogP contribution in [0.4, 0.5) is 5.82 Å². The van der Waals surface area contributed by atoms with Gasteiger partial charge in [-0.05, 0) is 0 Å². The smallest absolute Gasteiger partial charge is 0.155 e. The molecule has 4 heteroatoms. The van der Waals surface area contributed by atoms with Crippen molar-refractivity contribution in [3.05, 3.63) is 18.5 Å². The molecule has 9 heavy (non-hydrogen) atoms. The van der Waals surface area contributed by atoms with Crippen LogP contribution in [0.5, 0.6) is 0 Å². The van der Waals surface area contributed by atoms with Gasteiger partial charge in [0.05, 0.1) is 6.20 Å². The summed E-state index contributed by atoms with van der Waals surface area (Å²) in [6.07, 6.45) is 3.41. The van der Waals surface area contributed by atoms with E-state index in [-0.39, 0.29) is 0 Å². The standard InChI is InChI=1S/C5H6N4/c6-4-3-7-5-1-2-8-9(4)5/h1-3,8H,6H2. The highest BCUT2D eigenvalue weighted by Gasteiger charge is 1.95. The third-order valence-electron chi connectivity index (χ3n) is 1.25. The number of nitrogens with one attached hydrogen (secondary N) is 1. The van der Waals surface area contributed by atoms with E-state index in [1.165, 1.54) is 0 Å². The van der Waals surface area contributed by atoms with Crippen LogP contribution in [0.2, 0.25) is 0 Å². The van der Waals surface area contributed by atoms with Gasteiger partial charge in [0.15, 0.2) is 5.65 Å². The highest BCUT2D eigenvalue weighted by atomic mass is 15.3. The van der Waals surface area contributed by atoms with Gasteiger partial charge in [-0.3, -0.25) is 5.10 Å². The molecule has 0 saturated heterocycles. The van der Waals surface area contributed by atoms with Crippen molar-refractivity contribution in [1.29, 1.82) is 0 Å². The summed E-state index contributed by atoms with van der Waals surface area (Å²) >= 11 is 0. The lowest BCUT2D eigenvalue weighted by Crippen LogP contribution is -1.90. The van der Waals surface area contributed by atoms with E-state index in [4.69, 9.17) is 5.73 Å². The van der Waals surface area contributed by atoms with Gasteiger partial charge < -0.3 is 5.73 Å². The summed E-state index contributed by atoms with van der Waals surface area (Å²) < 4.78 is 1.71. The molecule has 0 aliphatic rings. The fraction of sp³-hybridized carbons (Fsp3) is 0. The topological polar surface area (TPSA) is 59.1 Å². The number of fused-ring (bicyclic) bond motifs is 1. The van der Waals surface area contributed by atoms with E-state index in [1.54, 1.807) is 16.9 Å². The Bertz CT molecular complexity index is 318. The summed E-state index contributed by atoms with van der Waals surface area (Å²) in [6, 6.07) is 1.86. The number of nitrogen functional groups attached to an aromatic ring is 1. The molecule has 0 atom stereocenters. The number of hydrogen-bond donors (Lipinski definition) is 2. The van der Waals surface area contributed by atoms with E-state index >= 15 is 0 Å². The normalized spacial score (nSPS) is 10.7. The molecule has 0 aliphatic heterocycles. The molecule has 46 valence electrons. The Hall–Kier alpha value is -1.45. The molecule has 0 saturated carbocycles. The highest BCUT2D eigenvalue weighted by molar-refractivity contribution is 5.45. The third-order valence-corrected chi connectivity index (χ3v) is 1.25. The molecule has 2 aromatic rings. The van der Waals surface area contributed by atoms with Gasteiger partial charge >= 0.3 is 0 Å². The molecule has 0 radical (unpaired) electrons. The van der Waals surface area contributed by atoms with Gasteiger partial charge in [-0.2, -0.15) is 0 Å². The average molecular weight is 122 g/mol. The lowest BCUT2D eigenvalue weighted by atomic mass is 10.7. The first kappa shape index (κ1) is 4.43.